The highest BCUT2D eigenvalue weighted by Crippen LogP contribution is 2.43. The zero-order chi connectivity index (χ0) is 59.5. The lowest BCUT2D eigenvalue weighted by Gasteiger charge is -2.38. The molecule has 5 aliphatic rings. The predicted molar refractivity (Wildman–Crippen MR) is 295 cm³/mol. The highest BCUT2D eigenvalue weighted by atomic mass is 16.7. The second-order valence-corrected chi connectivity index (χ2v) is 20.4. The van der Waals surface area contributed by atoms with E-state index in [2.05, 4.69) is 28.6 Å². The first-order valence-electron chi connectivity index (χ1n) is 27.0. The van der Waals surface area contributed by atoms with E-state index in [0.717, 1.165) is 16.2 Å². The molecule has 2 unspecified atom stereocenters. The van der Waals surface area contributed by atoms with Gasteiger partial charge in [0.05, 0.1) is 99.7 Å². The summed E-state index contributed by atoms with van der Waals surface area (Å²) in [5.41, 5.74) is 3.23. The van der Waals surface area contributed by atoms with Gasteiger partial charge in [0.15, 0.2) is 35.3 Å². The number of aliphatic imine (C=N–C) groups is 1. The lowest BCUT2D eigenvalue weighted by Crippen LogP contribution is -2.61. The van der Waals surface area contributed by atoms with E-state index < -0.39 is 73.5 Å². The molecule has 3 aromatic carbocycles. The van der Waals surface area contributed by atoms with Gasteiger partial charge in [-0.25, -0.2) is 14.5 Å². The molecule has 8 atom stereocenters. The van der Waals surface area contributed by atoms with Gasteiger partial charge in [0.1, 0.15) is 37.3 Å². The SMILES string of the molecule is C=C1CC2C=Nc3cc(OCCCCCOc4cc5c(cc4OC)C(=O)N4CC(=C)C[C@H]4C(O)N5C(=O)OCc4ccc(O[C@@H]5O[C@H](C(=O)O)[C@@H](O)[C@H](O)[C@H]5O)c(C(=O)NCCOCCOCCON=C(C)C)c4)c(OC)cc3C(=O)N2C1. The van der Waals surface area contributed by atoms with Gasteiger partial charge >= 0.3 is 12.1 Å². The molecule has 83 heavy (non-hydrogen) atoms. The van der Waals surface area contributed by atoms with E-state index in [1.165, 1.54) is 49.5 Å². The van der Waals surface area contributed by atoms with Crippen LogP contribution in [0.2, 0.25) is 0 Å². The third-order valence-corrected chi connectivity index (χ3v) is 14.1. The van der Waals surface area contributed by atoms with E-state index >= 15 is 0 Å². The second-order valence-electron chi connectivity index (χ2n) is 20.4. The van der Waals surface area contributed by atoms with Crippen LogP contribution in [0.25, 0.3) is 0 Å². The fourth-order valence-electron chi connectivity index (χ4n) is 9.90. The zero-order valence-electron chi connectivity index (χ0n) is 46.6. The number of carboxylic acids is 1. The van der Waals surface area contributed by atoms with Crippen LogP contribution in [0.5, 0.6) is 28.7 Å². The molecular weight excluding hydrogens is 1090 g/mol. The molecule has 0 bridgehead atoms. The molecule has 5 aliphatic heterocycles. The summed E-state index contributed by atoms with van der Waals surface area (Å²) in [6.07, 6.45) is -8.21. The summed E-state index contributed by atoms with van der Waals surface area (Å²) in [7, 11) is 2.90. The van der Waals surface area contributed by atoms with Gasteiger partial charge in [-0.2, -0.15) is 0 Å². The molecule has 26 heteroatoms. The zero-order valence-corrected chi connectivity index (χ0v) is 46.6. The molecule has 5 heterocycles. The average Bonchev–Trinajstić information content (AvgIpc) is 3.34. The van der Waals surface area contributed by atoms with E-state index in [1.807, 2.05) is 0 Å². The number of amides is 4. The fourth-order valence-corrected chi connectivity index (χ4v) is 9.90. The molecule has 3 fully saturated rings. The number of anilines is 1. The van der Waals surface area contributed by atoms with Gasteiger partial charge in [-0.3, -0.25) is 19.4 Å². The Bertz CT molecular complexity index is 2970. The van der Waals surface area contributed by atoms with E-state index in [9.17, 15) is 49.5 Å². The minimum absolute atomic E-state index is 0.00300. The molecule has 0 radical (unpaired) electrons. The van der Waals surface area contributed by atoms with Crippen LogP contribution in [0.4, 0.5) is 16.2 Å². The summed E-state index contributed by atoms with van der Waals surface area (Å²) in [6, 6.07) is 9.07. The monoisotopic (exact) mass is 1160 g/mol. The normalized spacial score (nSPS) is 22.6. The smallest absolute Gasteiger partial charge is 0.416 e. The summed E-state index contributed by atoms with van der Waals surface area (Å²) in [5, 5.41) is 59.6. The van der Waals surface area contributed by atoms with E-state index in [-0.39, 0.29) is 111 Å². The van der Waals surface area contributed by atoms with Gasteiger partial charge in [-0.1, -0.05) is 35.5 Å². The quantitative estimate of drug-likeness (QED) is 0.0290. The summed E-state index contributed by atoms with van der Waals surface area (Å²) in [5.74, 6) is -2.15. The van der Waals surface area contributed by atoms with Crippen LogP contribution in [0.3, 0.4) is 0 Å². The molecule has 0 aliphatic carbocycles. The number of aliphatic carboxylic acids is 1. The van der Waals surface area contributed by atoms with Crippen molar-refractivity contribution in [3.63, 3.8) is 0 Å². The maximum atomic E-state index is 14.5. The van der Waals surface area contributed by atoms with Crippen LogP contribution in [0, 0.1) is 0 Å². The number of oxime groups is 1. The van der Waals surface area contributed by atoms with Crippen LogP contribution in [0.1, 0.15) is 82.6 Å². The molecular formula is C57H70N6O20. The van der Waals surface area contributed by atoms with Crippen molar-refractivity contribution in [3.05, 3.63) is 89.0 Å². The van der Waals surface area contributed by atoms with Crippen LogP contribution >= 0.6 is 0 Å². The summed E-state index contributed by atoms with van der Waals surface area (Å²) in [4.78, 5) is 81.7. The topological polar surface area (TPSA) is 325 Å². The third-order valence-electron chi connectivity index (χ3n) is 14.1. The first kappa shape index (κ1) is 61.2. The van der Waals surface area contributed by atoms with Crippen molar-refractivity contribution in [2.45, 2.75) is 102 Å². The van der Waals surface area contributed by atoms with E-state index in [4.69, 9.17) is 47.5 Å². The number of ether oxygens (including phenoxy) is 9. The molecule has 26 nitrogen and oxygen atoms in total. The van der Waals surface area contributed by atoms with Crippen LogP contribution in [-0.4, -0.2) is 206 Å². The fraction of sp³-hybridized carbons (Fsp3) is 0.491. The van der Waals surface area contributed by atoms with Crippen molar-refractivity contribution in [1.82, 2.24) is 15.1 Å². The van der Waals surface area contributed by atoms with E-state index in [0.29, 0.717) is 67.2 Å². The second kappa shape index (κ2) is 27.9. The Morgan fingerprint density at radius 3 is 2.10 bits per heavy atom. The molecule has 4 amide bonds. The van der Waals surface area contributed by atoms with Crippen molar-refractivity contribution in [2.24, 2.45) is 10.1 Å². The lowest BCUT2D eigenvalue weighted by molar-refractivity contribution is -0.271. The highest BCUT2D eigenvalue weighted by molar-refractivity contribution is 6.06. The average molecular weight is 1160 g/mol. The number of aliphatic hydroxyl groups is 4. The third kappa shape index (κ3) is 14.5. The Labute approximate surface area is 478 Å². The van der Waals surface area contributed by atoms with Gasteiger partial charge in [0.25, 0.3) is 17.7 Å². The maximum absolute atomic E-state index is 14.5. The van der Waals surface area contributed by atoms with Crippen molar-refractivity contribution in [1.29, 1.82) is 0 Å². The number of carbonyl (C=O) groups excluding carboxylic acids is 4. The van der Waals surface area contributed by atoms with Gasteiger partial charge in [0.2, 0.25) is 6.29 Å². The van der Waals surface area contributed by atoms with Gasteiger partial charge in [-0.15, -0.1) is 0 Å². The molecule has 0 aromatic heterocycles. The number of rotatable bonds is 26. The van der Waals surface area contributed by atoms with Gasteiger partial charge in [0, 0.05) is 38.0 Å². The van der Waals surface area contributed by atoms with Crippen LogP contribution < -0.4 is 33.9 Å². The maximum Gasteiger partial charge on any atom is 0.416 e. The number of aliphatic hydroxyl groups excluding tert-OH is 4. The Morgan fingerprint density at radius 2 is 1.40 bits per heavy atom. The van der Waals surface area contributed by atoms with Crippen LogP contribution in [0.15, 0.2) is 76.9 Å². The molecule has 0 saturated carbocycles. The number of fused-ring (bicyclic) bond motifs is 4. The number of hydrogen-bond donors (Lipinski definition) is 6. The number of benzene rings is 3. The Balaban J connectivity index is 0.934. The molecule has 3 aromatic rings. The molecule has 448 valence electrons. The van der Waals surface area contributed by atoms with Gasteiger partial charge in [-0.05, 0) is 75.8 Å². The number of nitrogens with one attached hydrogen (secondary N) is 1. The molecule has 8 rings (SSSR count). The molecule has 3 saturated heterocycles. The number of carboxylic acid groups (broad SMARTS) is 1. The number of hydrogen-bond acceptors (Lipinski definition) is 21. The summed E-state index contributed by atoms with van der Waals surface area (Å²) in [6.45, 7) is 13.1. The largest absolute Gasteiger partial charge is 0.493 e. The van der Waals surface area contributed by atoms with Gasteiger partial charge < -0.3 is 88.1 Å². The van der Waals surface area contributed by atoms with E-state index in [1.54, 1.807) is 37.1 Å². The minimum Gasteiger partial charge on any atom is -0.493 e. The molecule has 0 spiro atoms. The van der Waals surface area contributed by atoms with Crippen molar-refractivity contribution in [2.75, 3.05) is 85.0 Å². The Kier molecular flexibility index (Phi) is 20.6. The first-order valence-corrected chi connectivity index (χ1v) is 27.0. The summed E-state index contributed by atoms with van der Waals surface area (Å²) >= 11 is 0. The number of methoxy groups -OCH3 is 2. The summed E-state index contributed by atoms with van der Waals surface area (Å²) < 4.78 is 51.6. The number of unbranched alkanes of at least 4 members (excludes halogenated alkanes) is 2. The van der Waals surface area contributed by atoms with Crippen LogP contribution in [-0.2, 0) is 35.2 Å². The Hall–Kier alpha value is -7.85. The number of nitrogens with zero attached hydrogens (tertiary/aromatic N) is 5. The van der Waals surface area contributed by atoms with Crippen molar-refractivity contribution < 1.29 is 97.0 Å². The van der Waals surface area contributed by atoms with Crippen molar-refractivity contribution in [3.8, 4) is 28.7 Å². The first-order chi connectivity index (χ1) is 39.9. The lowest BCUT2D eigenvalue weighted by atomic mass is 9.99. The molecule has 6 N–H and O–H groups in total. The highest BCUT2D eigenvalue weighted by Gasteiger charge is 2.49. The standard InChI is InChI=1S/C57H70N6O20/c1-31(2)60-81-19-18-77-17-16-76-15-12-58-51(67)38-22-34(10-11-42(38)82-56-49(66)47(64)48(65)50(83-56)55(71)72)30-80-57(73)63-40-26-46(44(75-6)24-37(40)53(69)62-29-33(4)21-41(62)54(63)70)79-14-9-7-8-13-78-45-25-39-36(23-43(45)74-5)52(68)61-28-32(3)20-35(61)27-59-39/h10-11,22-27,35,41,47-50,54,56,64-66,70H,3-4,7-9,12-21,28-30H2,1-2,5-6H3,(H,58,67)(H,71,72)/t35?,41-,47-,48-,49+,50-,54?,56+/m0/s1. The van der Waals surface area contributed by atoms with Crippen molar-refractivity contribution >= 4 is 53.1 Å². The predicted octanol–water partition coefficient (Wildman–Crippen LogP) is 3.51. The Morgan fingerprint density at radius 1 is 0.747 bits per heavy atom. The minimum atomic E-state index is -2.01. The number of carbonyl (C=O) groups is 5.